The maximum absolute atomic E-state index is 12.4. The van der Waals surface area contributed by atoms with Crippen LogP contribution in [0.1, 0.15) is 21.6 Å². The van der Waals surface area contributed by atoms with Gasteiger partial charge in [-0.15, -0.1) is 11.3 Å². The number of hydrogen-bond acceptors (Lipinski definition) is 4. The molecule has 0 aliphatic carbocycles. The van der Waals surface area contributed by atoms with Crippen LogP contribution in [0.15, 0.2) is 41.8 Å². The summed E-state index contributed by atoms with van der Waals surface area (Å²) in [5, 5.41) is 11.0. The minimum absolute atomic E-state index is 0.00575. The van der Waals surface area contributed by atoms with Crippen molar-refractivity contribution in [3.05, 3.63) is 63.4 Å². The van der Waals surface area contributed by atoms with E-state index in [9.17, 15) is 4.79 Å². The predicted octanol–water partition coefficient (Wildman–Crippen LogP) is 2.77. The Balaban J connectivity index is 1.59. The van der Waals surface area contributed by atoms with Gasteiger partial charge < -0.3 is 10.0 Å². The molecular formula is C20H24N2O2S. The summed E-state index contributed by atoms with van der Waals surface area (Å²) in [6.07, 6.45) is 4.41. The van der Waals surface area contributed by atoms with E-state index < -0.39 is 0 Å². The highest BCUT2D eigenvalue weighted by atomic mass is 32.1. The molecule has 1 atom stereocenters. The Kier molecular flexibility index (Phi) is 5.68. The Morgan fingerprint density at radius 3 is 2.88 bits per heavy atom. The third-order valence-corrected chi connectivity index (χ3v) is 5.67. The zero-order chi connectivity index (χ0) is 17.8. The van der Waals surface area contributed by atoms with Crippen LogP contribution in [-0.2, 0) is 24.4 Å². The first kappa shape index (κ1) is 17.9. The van der Waals surface area contributed by atoms with Crippen LogP contribution in [0.3, 0.4) is 0 Å². The summed E-state index contributed by atoms with van der Waals surface area (Å²) in [4.78, 5) is 17.5. The topological polar surface area (TPSA) is 43.8 Å². The van der Waals surface area contributed by atoms with E-state index >= 15 is 0 Å². The SMILES string of the molecule is CN(CC1Cc2ccccc2CN1C)C(=O)C=Cc1cc(CO)cs1. The number of amides is 1. The first-order valence-electron chi connectivity index (χ1n) is 8.45. The normalized spacial score (nSPS) is 17.6. The van der Waals surface area contributed by atoms with Gasteiger partial charge in [0, 0.05) is 37.1 Å². The second-order valence-electron chi connectivity index (χ2n) is 6.61. The second kappa shape index (κ2) is 7.95. The van der Waals surface area contributed by atoms with Crippen molar-refractivity contribution >= 4 is 23.3 Å². The molecule has 0 bridgehead atoms. The number of aliphatic hydroxyl groups is 1. The molecule has 0 saturated carbocycles. The molecule has 2 aromatic rings. The van der Waals surface area contributed by atoms with Gasteiger partial charge in [-0.25, -0.2) is 0 Å². The van der Waals surface area contributed by atoms with Crippen molar-refractivity contribution < 1.29 is 9.90 Å². The van der Waals surface area contributed by atoms with Gasteiger partial charge in [-0.2, -0.15) is 0 Å². The largest absolute Gasteiger partial charge is 0.392 e. The van der Waals surface area contributed by atoms with Gasteiger partial charge in [0.2, 0.25) is 5.91 Å². The number of benzene rings is 1. The molecule has 1 aliphatic heterocycles. The van der Waals surface area contributed by atoms with Crippen molar-refractivity contribution in [3.63, 3.8) is 0 Å². The van der Waals surface area contributed by atoms with Gasteiger partial charge >= 0.3 is 0 Å². The highest BCUT2D eigenvalue weighted by Crippen LogP contribution is 2.22. The summed E-state index contributed by atoms with van der Waals surface area (Å²) in [6.45, 7) is 1.67. The number of thiophene rings is 1. The zero-order valence-electron chi connectivity index (χ0n) is 14.7. The molecular weight excluding hydrogens is 332 g/mol. The molecule has 1 amide bonds. The van der Waals surface area contributed by atoms with Gasteiger partial charge in [0.15, 0.2) is 0 Å². The quantitative estimate of drug-likeness (QED) is 0.838. The number of aliphatic hydroxyl groups excluding tert-OH is 1. The van der Waals surface area contributed by atoms with Crippen molar-refractivity contribution in [2.45, 2.75) is 25.6 Å². The molecule has 0 spiro atoms. The Morgan fingerprint density at radius 1 is 1.40 bits per heavy atom. The molecule has 132 valence electrons. The lowest BCUT2D eigenvalue weighted by Gasteiger charge is -2.36. The fourth-order valence-electron chi connectivity index (χ4n) is 3.17. The molecule has 1 N–H and O–H groups in total. The minimum Gasteiger partial charge on any atom is -0.392 e. The fourth-order valence-corrected chi connectivity index (χ4v) is 3.97. The Morgan fingerprint density at radius 2 is 2.16 bits per heavy atom. The van der Waals surface area contributed by atoms with Crippen LogP contribution in [0, 0.1) is 0 Å². The van der Waals surface area contributed by atoms with Crippen LogP contribution in [-0.4, -0.2) is 47.5 Å². The summed E-state index contributed by atoms with van der Waals surface area (Å²) < 4.78 is 0. The van der Waals surface area contributed by atoms with Crippen LogP contribution in [0.5, 0.6) is 0 Å². The lowest BCUT2D eigenvalue weighted by atomic mass is 9.94. The van der Waals surface area contributed by atoms with Crippen LogP contribution in [0.25, 0.3) is 6.08 Å². The molecule has 0 radical (unpaired) electrons. The van der Waals surface area contributed by atoms with Crippen LogP contribution >= 0.6 is 11.3 Å². The predicted molar refractivity (Wildman–Crippen MR) is 102 cm³/mol. The molecule has 1 aromatic heterocycles. The highest BCUT2D eigenvalue weighted by molar-refractivity contribution is 7.11. The maximum Gasteiger partial charge on any atom is 0.246 e. The summed E-state index contributed by atoms with van der Waals surface area (Å²) in [7, 11) is 3.98. The first-order valence-corrected chi connectivity index (χ1v) is 9.33. The van der Waals surface area contributed by atoms with Crippen LogP contribution in [0.4, 0.5) is 0 Å². The van der Waals surface area contributed by atoms with Crippen LogP contribution in [0.2, 0.25) is 0 Å². The third-order valence-electron chi connectivity index (χ3n) is 4.72. The zero-order valence-corrected chi connectivity index (χ0v) is 15.5. The average Bonchev–Trinajstić information content (AvgIpc) is 3.08. The highest BCUT2D eigenvalue weighted by Gasteiger charge is 2.24. The summed E-state index contributed by atoms with van der Waals surface area (Å²) in [5.74, 6) is 0.00575. The average molecular weight is 356 g/mol. The van der Waals surface area contributed by atoms with Gasteiger partial charge in [-0.1, -0.05) is 24.3 Å². The number of hydrogen-bond donors (Lipinski definition) is 1. The number of carbonyl (C=O) groups excluding carboxylic acids is 1. The Labute approximate surface area is 153 Å². The summed E-state index contributed by atoms with van der Waals surface area (Å²) in [6, 6.07) is 10.8. The number of rotatable bonds is 5. The van der Waals surface area contributed by atoms with Crippen molar-refractivity contribution in [3.8, 4) is 0 Å². The van der Waals surface area contributed by atoms with Crippen molar-refractivity contribution in [2.75, 3.05) is 20.6 Å². The van der Waals surface area contributed by atoms with E-state index in [-0.39, 0.29) is 12.5 Å². The van der Waals surface area contributed by atoms with Gasteiger partial charge in [0.1, 0.15) is 0 Å². The van der Waals surface area contributed by atoms with E-state index in [2.05, 4.69) is 36.2 Å². The van der Waals surface area contributed by atoms with Crippen molar-refractivity contribution in [2.24, 2.45) is 0 Å². The molecule has 1 unspecified atom stereocenters. The Hall–Kier alpha value is -1.95. The van der Waals surface area contributed by atoms with Crippen molar-refractivity contribution in [1.82, 2.24) is 9.80 Å². The number of nitrogens with zero attached hydrogens (tertiary/aromatic N) is 2. The van der Waals surface area contributed by atoms with E-state index in [1.54, 1.807) is 11.0 Å². The van der Waals surface area contributed by atoms with Gasteiger partial charge in [0.05, 0.1) is 6.61 Å². The number of carbonyl (C=O) groups is 1. The maximum atomic E-state index is 12.4. The molecule has 1 aliphatic rings. The van der Waals surface area contributed by atoms with E-state index in [1.165, 1.54) is 22.5 Å². The molecule has 2 heterocycles. The summed E-state index contributed by atoms with van der Waals surface area (Å²) >= 11 is 1.53. The molecule has 0 saturated heterocycles. The Bertz CT molecular complexity index is 769. The van der Waals surface area contributed by atoms with E-state index in [4.69, 9.17) is 5.11 Å². The minimum atomic E-state index is 0.00575. The molecule has 3 rings (SSSR count). The second-order valence-corrected chi connectivity index (χ2v) is 7.55. The van der Waals surface area contributed by atoms with Crippen molar-refractivity contribution in [1.29, 1.82) is 0 Å². The molecule has 25 heavy (non-hydrogen) atoms. The monoisotopic (exact) mass is 356 g/mol. The van der Waals surface area contributed by atoms with Gasteiger partial charge in [0.25, 0.3) is 0 Å². The third kappa shape index (κ3) is 4.37. The fraction of sp³-hybridized carbons (Fsp3) is 0.350. The molecule has 5 heteroatoms. The van der Waals surface area contributed by atoms with Gasteiger partial charge in [-0.05, 0) is 47.7 Å². The lowest BCUT2D eigenvalue weighted by molar-refractivity contribution is -0.125. The molecule has 1 aromatic carbocycles. The number of fused-ring (bicyclic) bond motifs is 1. The lowest BCUT2D eigenvalue weighted by Crippen LogP contribution is -2.45. The van der Waals surface area contributed by atoms with Crippen LogP contribution < -0.4 is 0 Å². The van der Waals surface area contributed by atoms with Gasteiger partial charge in [-0.3, -0.25) is 9.69 Å². The molecule has 0 fully saturated rings. The smallest absolute Gasteiger partial charge is 0.246 e. The van der Waals surface area contributed by atoms with E-state index in [0.29, 0.717) is 12.6 Å². The standard InChI is InChI=1S/C20H24N2O2S/c1-21-11-17-6-4-3-5-16(17)10-18(21)12-22(2)20(24)8-7-19-9-15(13-23)14-25-19/h3-9,14,18,23H,10-13H2,1-2H3. The summed E-state index contributed by atoms with van der Waals surface area (Å²) in [5.41, 5.74) is 3.65. The van der Waals surface area contributed by atoms with E-state index in [0.717, 1.165) is 23.4 Å². The van der Waals surface area contributed by atoms with E-state index in [1.807, 2.05) is 24.6 Å². The molecule has 4 nitrogen and oxygen atoms in total. The first-order chi connectivity index (χ1) is 12.1. The number of likely N-dealkylation sites (N-methyl/N-ethyl adjacent to an activating group) is 2.